The summed E-state index contributed by atoms with van der Waals surface area (Å²) in [6, 6.07) is 10.4. The minimum absolute atomic E-state index is 0.0904. The van der Waals surface area contributed by atoms with Gasteiger partial charge in [0.2, 0.25) is 5.92 Å². The maximum absolute atomic E-state index is 14.7. The number of halogens is 4. The normalized spacial score (nSPS) is 17.0. The molecule has 0 radical (unpaired) electrons. The topological polar surface area (TPSA) is 0 Å². The van der Waals surface area contributed by atoms with E-state index in [1.165, 1.54) is 12.8 Å². The molecule has 1 saturated carbocycles. The Bertz CT molecular complexity index is 842. The van der Waals surface area contributed by atoms with Crippen LogP contribution < -0.4 is 0 Å². The molecule has 30 heavy (non-hydrogen) atoms. The van der Waals surface area contributed by atoms with Crippen LogP contribution >= 0.6 is 0 Å². The van der Waals surface area contributed by atoms with E-state index in [0.29, 0.717) is 18.4 Å². The summed E-state index contributed by atoms with van der Waals surface area (Å²) in [6.45, 7) is 2.15. The fraction of sp³-hybridized carbons (Fsp3) is 0.462. The predicted molar refractivity (Wildman–Crippen MR) is 116 cm³/mol. The van der Waals surface area contributed by atoms with Gasteiger partial charge in [0.15, 0.2) is 11.6 Å². The van der Waals surface area contributed by atoms with Crippen molar-refractivity contribution in [2.75, 3.05) is 0 Å². The average Bonchev–Trinajstić information content (AvgIpc) is 2.74. The van der Waals surface area contributed by atoms with Gasteiger partial charge in [-0.05, 0) is 42.7 Å². The molecule has 0 saturated heterocycles. The van der Waals surface area contributed by atoms with Crippen molar-refractivity contribution in [1.82, 2.24) is 0 Å². The number of hydrogen-bond acceptors (Lipinski definition) is 0. The lowest BCUT2D eigenvalue weighted by Gasteiger charge is -2.28. The number of allylic oxidation sites excluding steroid dienone is 1. The number of alkyl halides is 2. The summed E-state index contributed by atoms with van der Waals surface area (Å²) in [5.74, 6) is -4.14. The second-order valence-electron chi connectivity index (χ2n) is 8.33. The van der Waals surface area contributed by atoms with Gasteiger partial charge in [-0.3, -0.25) is 0 Å². The van der Waals surface area contributed by atoms with Gasteiger partial charge in [0, 0.05) is 24.0 Å². The summed E-state index contributed by atoms with van der Waals surface area (Å²) < 4.78 is 55.9. The molecule has 0 bridgehead atoms. The zero-order chi connectivity index (χ0) is 21.6. The van der Waals surface area contributed by atoms with E-state index in [2.05, 4.69) is 6.92 Å². The molecule has 1 aliphatic carbocycles. The minimum Gasteiger partial charge on any atom is -0.207 e. The van der Waals surface area contributed by atoms with Gasteiger partial charge in [-0.15, -0.1) is 0 Å². The lowest BCUT2D eigenvalue weighted by Crippen LogP contribution is -2.23. The van der Waals surface area contributed by atoms with Crippen molar-refractivity contribution < 1.29 is 17.6 Å². The molecule has 0 amide bonds. The third kappa shape index (κ3) is 5.74. The Morgan fingerprint density at radius 1 is 0.900 bits per heavy atom. The van der Waals surface area contributed by atoms with Crippen LogP contribution in [0.5, 0.6) is 0 Å². The first-order valence-corrected chi connectivity index (χ1v) is 11.0. The van der Waals surface area contributed by atoms with Crippen molar-refractivity contribution in [2.45, 2.75) is 76.6 Å². The standard InChI is InChI=1S/C26H30F4/c1-2-3-4-5-6-7-8-22-13-14-23(25(28)24(22)27)21-11-9-19(10-12-21)20-15-17-26(29,30)18-16-20/h7-14,20H,2-6,15-18H2,1H3/b8-7+. The molecule has 1 fully saturated rings. The molecule has 162 valence electrons. The van der Waals surface area contributed by atoms with Crippen LogP contribution in [0.25, 0.3) is 17.2 Å². The van der Waals surface area contributed by atoms with Crippen LogP contribution in [0.4, 0.5) is 17.6 Å². The number of benzene rings is 2. The summed E-state index contributed by atoms with van der Waals surface area (Å²) in [6.07, 6.45) is 9.69. The molecule has 0 spiro atoms. The van der Waals surface area contributed by atoms with Crippen LogP contribution in [-0.4, -0.2) is 5.92 Å². The molecule has 1 aliphatic rings. The van der Waals surface area contributed by atoms with Gasteiger partial charge in [0.1, 0.15) is 0 Å². The van der Waals surface area contributed by atoms with Crippen molar-refractivity contribution in [3.63, 3.8) is 0 Å². The maximum Gasteiger partial charge on any atom is 0.248 e. The quantitative estimate of drug-likeness (QED) is 0.296. The molecule has 2 aromatic rings. The number of hydrogen-bond donors (Lipinski definition) is 0. The van der Waals surface area contributed by atoms with Gasteiger partial charge in [-0.2, -0.15) is 0 Å². The summed E-state index contributed by atoms with van der Waals surface area (Å²) >= 11 is 0. The molecular formula is C26H30F4. The Hall–Kier alpha value is -2.10. The zero-order valence-corrected chi connectivity index (χ0v) is 17.6. The summed E-state index contributed by atoms with van der Waals surface area (Å²) in [7, 11) is 0. The molecule has 0 heterocycles. The van der Waals surface area contributed by atoms with E-state index in [-0.39, 0.29) is 29.9 Å². The van der Waals surface area contributed by atoms with Gasteiger partial charge in [-0.1, -0.05) is 74.7 Å². The molecule has 4 heteroatoms. The average molecular weight is 419 g/mol. The first kappa shape index (κ1) is 22.6. The molecular weight excluding hydrogens is 388 g/mol. The lowest BCUT2D eigenvalue weighted by molar-refractivity contribution is -0.0382. The third-order valence-electron chi connectivity index (χ3n) is 6.04. The van der Waals surface area contributed by atoms with Gasteiger partial charge >= 0.3 is 0 Å². The molecule has 0 nitrogen and oxygen atoms in total. The van der Waals surface area contributed by atoms with Gasteiger partial charge in [0.25, 0.3) is 0 Å². The highest BCUT2D eigenvalue weighted by molar-refractivity contribution is 5.67. The van der Waals surface area contributed by atoms with Crippen molar-refractivity contribution in [2.24, 2.45) is 0 Å². The van der Waals surface area contributed by atoms with Crippen LogP contribution in [0.15, 0.2) is 42.5 Å². The fourth-order valence-electron chi connectivity index (χ4n) is 4.12. The van der Waals surface area contributed by atoms with Gasteiger partial charge < -0.3 is 0 Å². The van der Waals surface area contributed by atoms with E-state index in [1.807, 2.05) is 18.2 Å². The first-order chi connectivity index (χ1) is 14.4. The Labute approximate surface area is 177 Å². The molecule has 0 aromatic heterocycles. The molecule has 0 unspecified atom stereocenters. The second kappa shape index (κ2) is 10.3. The van der Waals surface area contributed by atoms with Crippen molar-refractivity contribution in [3.8, 4) is 11.1 Å². The smallest absolute Gasteiger partial charge is 0.207 e. The summed E-state index contributed by atoms with van der Waals surface area (Å²) in [5.41, 5.74) is 2.05. The highest BCUT2D eigenvalue weighted by Crippen LogP contribution is 2.41. The molecule has 0 N–H and O–H groups in total. The Morgan fingerprint density at radius 3 is 2.27 bits per heavy atom. The number of rotatable bonds is 8. The van der Waals surface area contributed by atoms with E-state index in [1.54, 1.807) is 30.3 Å². The van der Waals surface area contributed by atoms with Crippen LogP contribution in [0.3, 0.4) is 0 Å². The van der Waals surface area contributed by atoms with Crippen LogP contribution in [0, 0.1) is 11.6 Å². The van der Waals surface area contributed by atoms with Crippen molar-refractivity contribution in [3.05, 3.63) is 65.2 Å². The highest BCUT2D eigenvalue weighted by atomic mass is 19.3. The van der Waals surface area contributed by atoms with Crippen LogP contribution in [0.1, 0.15) is 81.8 Å². The zero-order valence-electron chi connectivity index (χ0n) is 17.6. The van der Waals surface area contributed by atoms with Crippen molar-refractivity contribution in [1.29, 1.82) is 0 Å². The SMILES string of the molecule is CCCCCC/C=C/c1ccc(-c2ccc(C3CCC(F)(F)CC3)cc2)c(F)c1F. The third-order valence-corrected chi connectivity index (χ3v) is 6.04. The van der Waals surface area contributed by atoms with Gasteiger partial charge in [-0.25, -0.2) is 17.6 Å². The van der Waals surface area contributed by atoms with E-state index in [9.17, 15) is 17.6 Å². The van der Waals surface area contributed by atoms with Crippen LogP contribution in [-0.2, 0) is 0 Å². The predicted octanol–water partition coefficient (Wildman–Crippen LogP) is 8.91. The largest absolute Gasteiger partial charge is 0.248 e. The van der Waals surface area contributed by atoms with Crippen molar-refractivity contribution >= 4 is 6.08 Å². The monoisotopic (exact) mass is 418 g/mol. The summed E-state index contributed by atoms with van der Waals surface area (Å²) in [4.78, 5) is 0. The van der Waals surface area contributed by atoms with E-state index in [0.717, 1.165) is 24.8 Å². The molecule has 3 rings (SSSR count). The van der Waals surface area contributed by atoms with E-state index < -0.39 is 17.6 Å². The Kier molecular flexibility index (Phi) is 7.74. The maximum atomic E-state index is 14.7. The summed E-state index contributed by atoms with van der Waals surface area (Å²) in [5, 5.41) is 0. The molecule has 0 aliphatic heterocycles. The first-order valence-electron chi connectivity index (χ1n) is 11.0. The fourth-order valence-corrected chi connectivity index (χ4v) is 4.12. The van der Waals surface area contributed by atoms with Crippen LogP contribution in [0.2, 0.25) is 0 Å². The van der Waals surface area contributed by atoms with E-state index >= 15 is 0 Å². The minimum atomic E-state index is -2.55. The Morgan fingerprint density at radius 2 is 1.60 bits per heavy atom. The molecule has 0 atom stereocenters. The van der Waals surface area contributed by atoms with E-state index in [4.69, 9.17) is 0 Å². The molecule has 2 aromatic carbocycles. The highest BCUT2D eigenvalue weighted by Gasteiger charge is 2.35. The van der Waals surface area contributed by atoms with Gasteiger partial charge in [0.05, 0.1) is 0 Å². The lowest BCUT2D eigenvalue weighted by atomic mass is 9.82. The second-order valence-corrected chi connectivity index (χ2v) is 8.33. The number of unbranched alkanes of at least 4 members (excludes halogenated alkanes) is 4. The Balaban J connectivity index is 1.67.